The van der Waals surface area contributed by atoms with Gasteiger partial charge in [0, 0.05) is 16.0 Å². The lowest BCUT2D eigenvalue weighted by Gasteiger charge is -2.11. The van der Waals surface area contributed by atoms with Crippen molar-refractivity contribution in [1.29, 1.82) is 0 Å². The number of nitrogens with one attached hydrogen (secondary N) is 2. The van der Waals surface area contributed by atoms with Gasteiger partial charge in [-0.15, -0.1) is 11.3 Å². The number of benzene rings is 1. The molecule has 0 fully saturated rings. The second kappa shape index (κ2) is 7.40. The summed E-state index contributed by atoms with van der Waals surface area (Å²) in [5.74, 6) is 0.152. The van der Waals surface area contributed by atoms with Gasteiger partial charge in [0.05, 0.1) is 21.8 Å². The fourth-order valence-corrected chi connectivity index (χ4v) is 3.65. The maximum absolute atomic E-state index is 11.8. The van der Waals surface area contributed by atoms with Crippen molar-refractivity contribution < 1.29 is 4.92 Å². The van der Waals surface area contributed by atoms with Crippen LogP contribution in [0.5, 0.6) is 0 Å². The lowest BCUT2D eigenvalue weighted by atomic mass is 10.1. The molecule has 4 rings (SSSR count). The monoisotopic (exact) mass is 407 g/mol. The first kappa shape index (κ1) is 18.7. The van der Waals surface area contributed by atoms with Gasteiger partial charge in [0.1, 0.15) is 6.33 Å². The van der Waals surface area contributed by atoms with Crippen LogP contribution in [0, 0.1) is 30.9 Å². The second-order valence-electron chi connectivity index (χ2n) is 6.42. The third kappa shape index (κ3) is 3.69. The first-order valence-corrected chi connectivity index (χ1v) is 9.58. The molecule has 10 heteroatoms. The molecule has 0 aliphatic rings. The first-order valence-electron chi connectivity index (χ1n) is 8.76. The zero-order chi connectivity index (χ0) is 20.5. The fraction of sp³-hybridized carbons (Fsp3) is 0.158. The van der Waals surface area contributed by atoms with Gasteiger partial charge in [0.2, 0.25) is 11.6 Å². The van der Waals surface area contributed by atoms with Gasteiger partial charge in [-0.05, 0) is 32.9 Å². The minimum Gasteiger partial charge on any atom is -0.332 e. The first-order chi connectivity index (χ1) is 13.9. The second-order valence-corrected chi connectivity index (χ2v) is 7.62. The molecule has 0 amide bonds. The van der Waals surface area contributed by atoms with Gasteiger partial charge in [-0.25, -0.2) is 15.0 Å². The van der Waals surface area contributed by atoms with Crippen LogP contribution in [-0.4, -0.2) is 24.9 Å². The molecule has 0 spiro atoms. The van der Waals surface area contributed by atoms with Crippen LogP contribution < -0.4 is 10.6 Å². The number of nitro groups is 1. The van der Waals surface area contributed by atoms with E-state index in [-0.39, 0.29) is 17.3 Å². The zero-order valence-electron chi connectivity index (χ0n) is 15.9. The van der Waals surface area contributed by atoms with Crippen LogP contribution in [0.2, 0.25) is 0 Å². The minimum atomic E-state index is -0.512. The molecule has 0 unspecified atom stereocenters. The van der Waals surface area contributed by atoms with Gasteiger partial charge in [-0.3, -0.25) is 15.1 Å². The number of pyridine rings is 1. The van der Waals surface area contributed by atoms with E-state index in [1.165, 1.54) is 17.7 Å². The summed E-state index contributed by atoms with van der Waals surface area (Å²) in [4.78, 5) is 29.4. The highest BCUT2D eigenvalue weighted by Gasteiger charge is 2.24. The van der Waals surface area contributed by atoms with E-state index in [9.17, 15) is 10.1 Å². The van der Waals surface area contributed by atoms with E-state index in [2.05, 4.69) is 30.6 Å². The van der Waals surface area contributed by atoms with Crippen molar-refractivity contribution in [3.8, 4) is 0 Å². The summed E-state index contributed by atoms with van der Waals surface area (Å²) < 4.78 is 0. The Kier molecular flexibility index (Phi) is 4.77. The minimum absolute atomic E-state index is 0.0747. The summed E-state index contributed by atoms with van der Waals surface area (Å²) in [5, 5.41) is 19.3. The van der Waals surface area contributed by atoms with E-state index in [0.717, 1.165) is 21.7 Å². The van der Waals surface area contributed by atoms with Crippen molar-refractivity contribution in [1.82, 2.24) is 19.9 Å². The largest absolute Gasteiger partial charge is 0.353 e. The number of fused-ring (bicyclic) bond motifs is 1. The van der Waals surface area contributed by atoms with Crippen molar-refractivity contribution in [2.75, 3.05) is 10.6 Å². The molecule has 29 heavy (non-hydrogen) atoms. The summed E-state index contributed by atoms with van der Waals surface area (Å²) in [6, 6.07) is 9.47. The van der Waals surface area contributed by atoms with Crippen LogP contribution in [0.15, 0.2) is 36.7 Å². The van der Waals surface area contributed by atoms with Crippen molar-refractivity contribution in [3.05, 3.63) is 63.0 Å². The molecule has 0 aliphatic carbocycles. The van der Waals surface area contributed by atoms with Crippen molar-refractivity contribution in [2.24, 2.45) is 0 Å². The third-order valence-corrected chi connectivity index (χ3v) is 5.36. The van der Waals surface area contributed by atoms with E-state index < -0.39 is 4.92 Å². The average molecular weight is 407 g/mol. The fourth-order valence-electron chi connectivity index (χ4n) is 2.84. The summed E-state index contributed by atoms with van der Waals surface area (Å²) in [6.07, 6.45) is 1.27. The Morgan fingerprint density at radius 1 is 1.00 bits per heavy atom. The predicted octanol–water partition coefficient (Wildman–Crippen LogP) is 4.80. The van der Waals surface area contributed by atoms with Crippen LogP contribution in [0.4, 0.5) is 28.1 Å². The molecule has 0 saturated carbocycles. The van der Waals surface area contributed by atoms with Crippen LogP contribution in [-0.2, 0) is 0 Å². The molecule has 0 bridgehead atoms. The predicted molar refractivity (Wildman–Crippen MR) is 113 cm³/mol. The van der Waals surface area contributed by atoms with Crippen molar-refractivity contribution in [2.45, 2.75) is 20.8 Å². The van der Waals surface area contributed by atoms with Crippen molar-refractivity contribution in [3.63, 3.8) is 0 Å². The molecule has 9 nitrogen and oxygen atoms in total. The van der Waals surface area contributed by atoms with Gasteiger partial charge in [-0.2, -0.15) is 0 Å². The molecule has 1 aromatic carbocycles. The summed E-state index contributed by atoms with van der Waals surface area (Å²) >= 11 is 1.41. The Morgan fingerprint density at radius 2 is 1.76 bits per heavy atom. The standard InChI is InChI=1S/C19H17N7O2S/c1-10-7-8-13-5-4-6-14(15(13)22-10)24-17-16(26(27)28)18(21-9-20-17)25-19-23-11(2)12(3)29-19/h4-9H,1-3H3,(H2,20,21,23,24,25). The number of para-hydroxylation sites is 1. The Hall–Kier alpha value is -3.66. The molecule has 0 atom stereocenters. The average Bonchev–Trinajstić information content (AvgIpc) is 2.99. The van der Waals surface area contributed by atoms with E-state index >= 15 is 0 Å². The Balaban J connectivity index is 1.77. The van der Waals surface area contributed by atoms with Crippen molar-refractivity contribution >= 4 is 50.4 Å². The number of rotatable bonds is 5. The Bertz CT molecular complexity index is 1220. The number of aromatic nitrogens is 4. The Morgan fingerprint density at radius 3 is 2.45 bits per heavy atom. The number of anilines is 4. The van der Waals surface area contributed by atoms with Gasteiger partial charge < -0.3 is 10.6 Å². The van der Waals surface area contributed by atoms with Crippen LogP contribution in [0.3, 0.4) is 0 Å². The number of thiazole rings is 1. The van der Waals surface area contributed by atoms with Crippen LogP contribution in [0.1, 0.15) is 16.3 Å². The number of nitrogens with zero attached hydrogens (tertiary/aromatic N) is 5. The summed E-state index contributed by atoms with van der Waals surface area (Å²) in [5.41, 5.74) is 2.79. The topological polar surface area (TPSA) is 119 Å². The zero-order valence-corrected chi connectivity index (χ0v) is 16.7. The molecule has 3 aromatic heterocycles. The SMILES string of the molecule is Cc1ccc2cccc(Nc3ncnc(Nc4nc(C)c(C)s4)c3[N+](=O)[O-])c2n1. The van der Waals surface area contributed by atoms with E-state index in [1.54, 1.807) is 6.07 Å². The smallest absolute Gasteiger partial charge is 0.332 e. The van der Waals surface area contributed by atoms with E-state index in [1.807, 2.05) is 45.0 Å². The summed E-state index contributed by atoms with van der Waals surface area (Å²) in [7, 11) is 0. The van der Waals surface area contributed by atoms with Gasteiger partial charge in [0.15, 0.2) is 5.13 Å². The molecule has 2 N–H and O–H groups in total. The summed E-state index contributed by atoms with van der Waals surface area (Å²) in [6.45, 7) is 5.71. The maximum atomic E-state index is 11.8. The number of hydrogen-bond acceptors (Lipinski definition) is 9. The highest BCUT2D eigenvalue weighted by atomic mass is 32.1. The van der Waals surface area contributed by atoms with Crippen LogP contribution in [0.25, 0.3) is 10.9 Å². The molecule has 0 saturated heterocycles. The third-order valence-electron chi connectivity index (χ3n) is 4.37. The molecule has 3 heterocycles. The number of aryl methyl sites for hydroxylation is 3. The lowest BCUT2D eigenvalue weighted by molar-refractivity contribution is -0.383. The normalized spacial score (nSPS) is 10.9. The lowest BCUT2D eigenvalue weighted by Crippen LogP contribution is -2.06. The molecule has 0 radical (unpaired) electrons. The highest BCUT2D eigenvalue weighted by Crippen LogP contribution is 2.35. The quantitative estimate of drug-likeness (QED) is 0.358. The maximum Gasteiger partial charge on any atom is 0.353 e. The molecule has 146 valence electrons. The van der Waals surface area contributed by atoms with Crippen LogP contribution >= 0.6 is 11.3 Å². The Labute approximate surface area is 170 Å². The number of hydrogen-bond donors (Lipinski definition) is 2. The van der Waals surface area contributed by atoms with E-state index in [4.69, 9.17) is 0 Å². The molecular formula is C19H17N7O2S. The molecule has 0 aliphatic heterocycles. The highest BCUT2D eigenvalue weighted by molar-refractivity contribution is 7.15. The van der Waals surface area contributed by atoms with Gasteiger partial charge in [-0.1, -0.05) is 18.2 Å². The molecular weight excluding hydrogens is 390 g/mol. The van der Waals surface area contributed by atoms with E-state index in [0.29, 0.717) is 16.3 Å². The van der Waals surface area contributed by atoms with Gasteiger partial charge >= 0.3 is 5.69 Å². The molecule has 4 aromatic rings. The van der Waals surface area contributed by atoms with Gasteiger partial charge in [0.25, 0.3) is 0 Å².